The smallest absolute Gasteiger partial charge is 0.435 e. The van der Waals surface area contributed by atoms with E-state index in [1.165, 1.54) is 25.6 Å². The summed E-state index contributed by atoms with van der Waals surface area (Å²) < 4.78 is 49.3. The minimum Gasteiger partial charge on any atom is -0.481 e. The Bertz CT molecular complexity index is 1060. The molecule has 0 spiro atoms. The van der Waals surface area contributed by atoms with Crippen LogP contribution in [0.15, 0.2) is 24.3 Å². The van der Waals surface area contributed by atoms with Crippen molar-refractivity contribution >= 4 is 5.91 Å². The van der Waals surface area contributed by atoms with Gasteiger partial charge in [0.25, 0.3) is 5.91 Å². The highest BCUT2D eigenvalue weighted by Crippen LogP contribution is 2.29. The largest absolute Gasteiger partial charge is 0.481 e. The van der Waals surface area contributed by atoms with Crippen LogP contribution < -0.4 is 15.2 Å². The maximum Gasteiger partial charge on any atom is 0.435 e. The van der Waals surface area contributed by atoms with Gasteiger partial charge in [0.1, 0.15) is 5.69 Å². The number of hydrogen-bond acceptors (Lipinski definition) is 6. The summed E-state index contributed by atoms with van der Waals surface area (Å²) in [7, 11) is 4.42. The number of pyridine rings is 1. The lowest BCUT2D eigenvalue weighted by atomic mass is 10.1. The van der Waals surface area contributed by atoms with Crippen molar-refractivity contribution in [3.8, 4) is 23.0 Å². The first-order chi connectivity index (χ1) is 15.1. The monoisotopic (exact) mass is 452 g/mol. The molecule has 1 amide bonds. The van der Waals surface area contributed by atoms with Crippen LogP contribution >= 0.6 is 0 Å². The molecule has 2 N–H and O–H groups in total. The molecule has 3 aromatic rings. The second kappa shape index (κ2) is 9.28. The maximum atomic E-state index is 12.0. The molecule has 0 aliphatic carbocycles. The minimum absolute atomic E-state index is 0.271. The molecule has 0 radical (unpaired) electrons. The maximum absolute atomic E-state index is 12.0. The molecule has 1 aliphatic heterocycles. The van der Waals surface area contributed by atoms with E-state index in [1.807, 2.05) is 12.1 Å². The van der Waals surface area contributed by atoms with Crippen LogP contribution in [0.1, 0.15) is 34.7 Å². The van der Waals surface area contributed by atoms with Crippen LogP contribution in [0.4, 0.5) is 13.2 Å². The van der Waals surface area contributed by atoms with Crippen molar-refractivity contribution in [2.75, 3.05) is 14.2 Å². The van der Waals surface area contributed by atoms with Crippen molar-refractivity contribution in [3.63, 3.8) is 0 Å². The molecule has 0 aromatic carbocycles. The first-order valence-corrected chi connectivity index (χ1v) is 9.70. The molecule has 0 atom stereocenters. The number of carbonyl (C=O) groups excluding carboxylic acids is 1. The van der Waals surface area contributed by atoms with Crippen LogP contribution in [0.5, 0.6) is 11.8 Å². The van der Waals surface area contributed by atoms with Gasteiger partial charge in [0.15, 0.2) is 5.69 Å². The second-order valence-electron chi connectivity index (χ2n) is 7.04. The van der Waals surface area contributed by atoms with Gasteiger partial charge in [0.05, 0.1) is 19.9 Å². The summed E-state index contributed by atoms with van der Waals surface area (Å²) in [6.45, 7) is 1.01. The van der Waals surface area contributed by atoms with Crippen LogP contribution in [0, 0.1) is 0 Å². The summed E-state index contributed by atoms with van der Waals surface area (Å²) in [6, 6.07) is 6.53. The van der Waals surface area contributed by atoms with E-state index in [2.05, 4.69) is 25.9 Å². The van der Waals surface area contributed by atoms with Gasteiger partial charge in [0, 0.05) is 43.0 Å². The Kier molecular flexibility index (Phi) is 6.70. The van der Waals surface area contributed by atoms with Gasteiger partial charge in [-0.3, -0.25) is 14.2 Å². The van der Waals surface area contributed by atoms with Crippen molar-refractivity contribution in [1.82, 2.24) is 24.5 Å². The van der Waals surface area contributed by atoms with Crippen molar-refractivity contribution in [3.05, 3.63) is 41.3 Å². The van der Waals surface area contributed by atoms with E-state index in [-0.39, 0.29) is 5.69 Å². The number of aromatic nitrogens is 5. The first-order valence-electron chi connectivity index (χ1n) is 9.70. The topological polar surface area (TPSA) is 110 Å². The molecule has 0 saturated heterocycles. The quantitative estimate of drug-likeness (QED) is 0.652. The Morgan fingerprint density at radius 2 is 1.72 bits per heavy atom. The number of hydrogen-bond donors (Lipinski definition) is 1. The molecule has 3 aromatic heterocycles. The van der Waals surface area contributed by atoms with E-state index in [4.69, 9.17) is 15.2 Å². The summed E-state index contributed by atoms with van der Waals surface area (Å²) >= 11 is 0. The van der Waals surface area contributed by atoms with Gasteiger partial charge < -0.3 is 15.2 Å². The molecule has 4 rings (SSSR count). The van der Waals surface area contributed by atoms with Crippen molar-refractivity contribution in [1.29, 1.82) is 0 Å². The van der Waals surface area contributed by atoms with Crippen molar-refractivity contribution < 1.29 is 27.4 Å². The number of rotatable bonds is 4. The number of aryl methyl sites for hydroxylation is 3. The number of carbonyl (C=O) groups is 1. The number of ether oxygens (including phenoxy) is 2. The lowest BCUT2D eigenvalue weighted by molar-refractivity contribution is -0.141. The minimum atomic E-state index is -4.55. The molecule has 12 heteroatoms. The zero-order valence-corrected chi connectivity index (χ0v) is 17.8. The molecular formula is C20H23F3N6O3. The zero-order valence-electron chi connectivity index (χ0n) is 17.8. The predicted octanol–water partition coefficient (Wildman–Crippen LogP) is 2.84. The van der Waals surface area contributed by atoms with E-state index < -0.39 is 17.8 Å². The van der Waals surface area contributed by atoms with Gasteiger partial charge in [-0.25, -0.2) is 0 Å². The Labute approximate surface area is 181 Å². The fourth-order valence-corrected chi connectivity index (χ4v) is 3.23. The molecule has 0 saturated carbocycles. The van der Waals surface area contributed by atoms with Gasteiger partial charge in [-0.2, -0.15) is 28.4 Å². The highest BCUT2D eigenvalue weighted by molar-refractivity contribution is 5.91. The summed E-state index contributed by atoms with van der Waals surface area (Å²) in [6.07, 6.45) is -0.997. The molecular weight excluding hydrogens is 429 g/mol. The van der Waals surface area contributed by atoms with Crippen LogP contribution in [0.3, 0.4) is 0 Å². The average molecular weight is 452 g/mol. The van der Waals surface area contributed by atoms with E-state index in [0.29, 0.717) is 17.8 Å². The molecule has 172 valence electrons. The molecule has 0 fully saturated rings. The summed E-state index contributed by atoms with van der Waals surface area (Å²) in [5, 5.41) is 7.74. The highest BCUT2D eigenvalue weighted by Gasteiger charge is 2.35. The first kappa shape index (κ1) is 23.1. The van der Waals surface area contributed by atoms with E-state index >= 15 is 0 Å². The van der Waals surface area contributed by atoms with Crippen LogP contribution in [0.2, 0.25) is 0 Å². The van der Waals surface area contributed by atoms with Gasteiger partial charge in [0.2, 0.25) is 11.8 Å². The van der Waals surface area contributed by atoms with Gasteiger partial charge in [-0.15, -0.1) is 0 Å². The van der Waals surface area contributed by atoms with E-state index in [1.54, 1.807) is 14.2 Å². The van der Waals surface area contributed by atoms with E-state index in [9.17, 15) is 18.0 Å². The third-order valence-electron chi connectivity index (χ3n) is 4.83. The van der Waals surface area contributed by atoms with Gasteiger partial charge in [-0.05, 0) is 25.3 Å². The zero-order chi connectivity index (χ0) is 23.5. The number of nitrogens with zero attached hydrogens (tertiary/aromatic N) is 5. The Hall–Kier alpha value is -3.57. The van der Waals surface area contributed by atoms with Crippen LogP contribution in [-0.2, 0) is 26.2 Å². The number of fused-ring (bicyclic) bond motifs is 1. The molecule has 9 nitrogen and oxygen atoms in total. The lowest BCUT2D eigenvalue weighted by Crippen LogP contribution is -2.15. The SMILES string of the molecule is COc1cc(-c2cc3n(n2)CCCC3)cc(OC)n1.Cn1nc(C(F)(F)F)cc1C(N)=O. The molecule has 4 heterocycles. The summed E-state index contributed by atoms with van der Waals surface area (Å²) in [5.41, 5.74) is 6.65. The van der Waals surface area contributed by atoms with Crippen LogP contribution in [0.25, 0.3) is 11.3 Å². The van der Waals surface area contributed by atoms with Gasteiger partial charge >= 0.3 is 6.18 Å². The Morgan fingerprint density at radius 3 is 2.19 bits per heavy atom. The standard InChI is InChI=1S/C14H17N3O2.C6H6F3N3O/c1-18-13-7-10(8-14(15-13)19-2)12-9-11-5-3-4-6-17(11)16-12;1-12-3(5(10)13)2-4(11-12)6(7,8)9/h7-9H,3-6H2,1-2H3;2H,1H3,(H2,10,13). The normalized spacial score (nSPS) is 13.1. The van der Waals surface area contributed by atoms with Crippen LogP contribution in [-0.4, -0.2) is 44.7 Å². The number of halogens is 3. The third-order valence-corrected chi connectivity index (χ3v) is 4.83. The molecule has 0 bridgehead atoms. The van der Waals surface area contributed by atoms with Crippen molar-refractivity contribution in [2.24, 2.45) is 12.8 Å². The van der Waals surface area contributed by atoms with Gasteiger partial charge in [-0.1, -0.05) is 0 Å². The number of amides is 1. The summed E-state index contributed by atoms with van der Waals surface area (Å²) in [5.74, 6) is 0.145. The highest BCUT2D eigenvalue weighted by atomic mass is 19.4. The number of methoxy groups -OCH3 is 2. The Balaban J connectivity index is 0.000000195. The molecule has 32 heavy (non-hydrogen) atoms. The number of alkyl halides is 3. The second-order valence-corrected chi connectivity index (χ2v) is 7.04. The lowest BCUT2D eigenvalue weighted by Gasteiger charge is -2.11. The number of nitrogens with two attached hydrogens (primary N) is 1. The van der Waals surface area contributed by atoms with E-state index in [0.717, 1.165) is 28.9 Å². The number of primary amides is 1. The average Bonchev–Trinajstić information content (AvgIpc) is 3.37. The molecule has 1 aliphatic rings. The fourth-order valence-electron chi connectivity index (χ4n) is 3.23. The predicted molar refractivity (Wildman–Crippen MR) is 108 cm³/mol. The molecule has 0 unspecified atom stereocenters. The van der Waals surface area contributed by atoms with Crippen molar-refractivity contribution in [2.45, 2.75) is 32.0 Å². The fraction of sp³-hybridized carbons (Fsp3) is 0.400. The Morgan fingerprint density at radius 1 is 1.06 bits per heavy atom. The third kappa shape index (κ3) is 5.18. The summed E-state index contributed by atoms with van der Waals surface area (Å²) in [4.78, 5) is 14.8.